The fourth-order valence-corrected chi connectivity index (χ4v) is 3.98. The van der Waals surface area contributed by atoms with Gasteiger partial charge in [-0.15, -0.1) is 0 Å². The van der Waals surface area contributed by atoms with Crippen molar-refractivity contribution >= 4 is 34.8 Å². The fraction of sp³-hybridized carbons (Fsp3) is 0.217. The van der Waals surface area contributed by atoms with Gasteiger partial charge in [0.25, 0.3) is 5.91 Å². The highest BCUT2D eigenvalue weighted by atomic mass is 35.5. The lowest BCUT2D eigenvalue weighted by Crippen LogP contribution is -2.56. The Morgan fingerprint density at radius 3 is 2.17 bits per heavy atom. The molecule has 0 spiro atoms. The molecule has 1 fully saturated rings. The van der Waals surface area contributed by atoms with Gasteiger partial charge in [0.15, 0.2) is 6.04 Å². The van der Waals surface area contributed by atoms with Gasteiger partial charge in [0, 0.05) is 10.7 Å². The van der Waals surface area contributed by atoms with E-state index in [1.807, 2.05) is 39.0 Å². The molecular weight excluding hydrogens is 388 g/mol. The van der Waals surface area contributed by atoms with Crippen molar-refractivity contribution in [3.8, 4) is 0 Å². The quantitative estimate of drug-likeness (QED) is 0.614. The summed E-state index contributed by atoms with van der Waals surface area (Å²) in [6.07, 6.45) is 0. The van der Waals surface area contributed by atoms with E-state index < -0.39 is 6.04 Å². The lowest BCUT2D eigenvalue weighted by atomic mass is 10.0. The molecule has 0 unspecified atom stereocenters. The van der Waals surface area contributed by atoms with Gasteiger partial charge in [0.05, 0.1) is 5.69 Å². The highest BCUT2D eigenvalue weighted by Gasteiger charge is 2.44. The van der Waals surface area contributed by atoms with Gasteiger partial charge >= 0.3 is 0 Å². The maximum atomic E-state index is 13.7. The number of carbonyl (C=O) groups excluding carboxylic acids is 2. The number of aryl methyl sites for hydroxylation is 3. The van der Waals surface area contributed by atoms with E-state index in [0.717, 1.165) is 16.8 Å². The molecule has 0 saturated carbocycles. The molecule has 1 aliphatic rings. The second-order valence-corrected chi connectivity index (χ2v) is 7.69. The Morgan fingerprint density at radius 1 is 0.931 bits per heavy atom. The number of nitrogens with zero attached hydrogens (tertiary/aromatic N) is 2. The largest absolute Gasteiger partial charge is 0.464 e. The van der Waals surface area contributed by atoms with Crippen LogP contribution >= 0.6 is 11.6 Å². The lowest BCUT2D eigenvalue weighted by molar-refractivity contribution is -0.129. The SMILES string of the molecule is Cc1ccc([C@@H]2C(=O)N(c3c(C)cccc3C)CC(=O)N2c2ccc(Cl)cc2)o1. The molecule has 1 aromatic heterocycles. The van der Waals surface area contributed by atoms with E-state index in [0.29, 0.717) is 22.2 Å². The van der Waals surface area contributed by atoms with E-state index in [-0.39, 0.29) is 18.4 Å². The summed E-state index contributed by atoms with van der Waals surface area (Å²) in [5, 5.41) is 0.562. The van der Waals surface area contributed by atoms with Gasteiger partial charge in [-0.25, -0.2) is 0 Å². The first-order chi connectivity index (χ1) is 13.9. The average Bonchev–Trinajstić information content (AvgIpc) is 3.10. The van der Waals surface area contributed by atoms with E-state index in [1.165, 1.54) is 4.90 Å². The minimum absolute atomic E-state index is 0.0383. The maximum absolute atomic E-state index is 13.7. The summed E-state index contributed by atoms with van der Waals surface area (Å²) >= 11 is 6.01. The van der Waals surface area contributed by atoms with Gasteiger partial charge in [-0.05, 0) is 68.3 Å². The number of piperazine rings is 1. The fourth-order valence-electron chi connectivity index (χ4n) is 3.86. The van der Waals surface area contributed by atoms with Crippen molar-refractivity contribution in [1.82, 2.24) is 0 Å². The topological polar surface area (TPSA) is 53.8 Å². The third-order valence-electron chi connectivity index (χ3n) is 5.17. The van der Waals surface area contributed by atoms with E-state index in [4.69, 9.17) is 16.0 Å². The Bertz CT molecular complexity index is 1070. The number of halogens is 1. The summed E-state index contributed by atoms with van der Waals surface area (Å²) in [5.74, 6) is 0.729. The molecule has 148 valence electrons. The van der Waals surface area contributed by atoms with Gasteiger partial charge in [-0.3, -0.25) is 14.5 Å². The number of benzene rings is 2. The van der Waals surface area contributed by atoms with Crippen molar-refractivity contribution in [3.05, 3.63) is 82.3 Å². The minimum Gasteiger partial charge on any atom is -0.464 e. The molecule has 0 aliphatic carbocycles. The highest BCUT2D eigenvalue weighted by molar-refractivity contribution is 6.30. The lowest BCUT2D eigenvalue weighted by Gasteiger charge is -2.40. The smallest absolute Gasteiger partial charge is 0.258 e. The van der Waals surface area contributed by atoms with Crippen molar-refractivity contribution in [1.29, 1.82) is 0 Å². The first kappa shape index (κ1) is 19.3. The number of amides is 2. The summed E-state index contributed by atoms with van der Waals surface area (Å²) in [7, 11) is 0. The number of para-hydroxylation sites is 1. The molecule has 2 amide bonds. The first-order valence-corrected chi connectivity index (χ1v) is 9.76. The molecule has 3 aromatic rings. The van der Waals surface area contributed by atoms with Crippen molar-refractivity contribution in [3.63, 3.8) is 0 Å². The van der Waals surface area contributed by atoms with Crippen LogP contribution in [0.3, 0.4) is 0 Å². The van der Waals surface area contributed by atoms with Crippen molar-refractivity contribution in [2.45, 2.75) is 26.8 Å². The van der Waals surface area contributed by atoms with Crippen LogP contribution in [0.25, 0.3) is 0 Å². The summed E-state index contributed by atoms with van der Waals surface area (Å²) in [6.45, 7) is 5.66. The number of rotatable bonds is 3. The van der Waals surface area contributed by atoms with E-state index >= 15 is 0 Å². The molecule has 1 atom stereocenters. The number of anilines is 2. The van der Waals surface area contributed by atoms with Crippen molar-refractivity contribution < 1.29 is 14.0 Å². The molecule has 4 rings (SSSR count). The van der Waals surface area contributed by atoms with Crippen molar-refractivity contribution in [2.75, 3.05) is 16.3 Å². The number of carbonyl (C=O) groups is 2. The molecule has 1 aliphatic heterocycles. The maximum Gasteiger partial charge on any atom is 0.258 e. The van der Waals surface area contributed by atoms with Crippen LogP contribution in [0.15, 0.2) is 59.0 Å². The summed E-state index contributed by atoms with van der Waals surface area (Å²) in [6, 6.07) is 15.4. The zero-order chi connectivity index (χ0) is 20.7. The molecule has 1 saturated heterocycles. The zero-order valence-corrected chi connectivity index (χ0v) is 17.2. The Kier molecular flexibility index (Phi) is 4.92. The first-order valence-electron chi connectivity index (χ1n) is 9.38. The molecule has 0 bridgehead atoms. The predicted octanol–water partition coefficient (Wildman–Crippen LogP) is 4.98. The second kappa shape index (κ2) is 7.41. The van der Waals surface area contributed by atoms with Crippen molar-refractivity contribution in [2.24, 2.45) is 0 Å². The molecule has 2 heterocycles. The predicted molar refractivity (Wildman–Crippen MR) is 113 cm³/mol. The van der Waals surface area contributed by atoms with Crippen LogP contribution in [0, 0.1) is 20.8 Å². The van der Waals surface area contributed by atoms with Crippen LogP contribution in [-0.2, 0) is 9.59 Å². The molecule has 0 radical (unpaired) electrons. The Labute approximate surface area is 174 Å². The van der Waals surface area contributed by atoms with Crippen LogP contribution in [0.4, 0.5) is 11.4 Å². The zero-order valence-electron chi connectivity index (χ0n) is 16.5. The van der Waals surface area contributed by atoms with Gasteiger partial charge in [0.2, 0.25) is 5.91 Å². The summed E-state index contributed by atoms with van der Waals surface area (Å²) in [5.41, 5.74) is 3.27. The van der Waals surface area contributed by atoms with Crippen LogP contribution < -0.4 is 9.80 Å². The molecule has 2 aromatic carbocycles. The number of hydrogen-bond acceptors (Lipinski definition) is 3. The van der Waals surface area contributed by atoms with Crippen LogP contribution in [0.5, 0.6) is 0 Å². The Morgan fingerprint density at radius 2 is 1.59 bits per heavy atom. The monoisotopic (exact) mass is 408 g/mol. The molecule has 29 heavy (non-hydrogen) atoms. The van der Waals surface area contributed by atoms with Gasteiger partial charge in [0.1, 0.15) is 18.1 Å². The van der Waals surface area contributed by atoms with E-state index in [1.54, 1.807) is 41.3 Å². The number of furan rings is 1. The Hall–Kier alpha value is -3.05. The molecule has 6 heteroatoms. The van der Waals surface area contributed by atoms with Crippen LogP contribution in [0.2, 0.25) is 5.02 Å². The average molecular weight is 409 g/mol. The second-order valence-electron chi connectivity index (χ2n) is 7.26. The normalized spacial score (nSPS) is 17.2. The third-order valence-corrected chi connectivity index (χ3v) is 5.42. The van der Waals surface area contributed by atoms with Gasteiger partial charge in [-0.2, -0.15) is 0 Å². The minimum atomic E-state index is -0.884. The summed E-state index contributed by atoms with van der Waals surface area (Å²) < 4.78 is 5.79. The molecule has 5 nitrogen and oxygen atoms in total. The molecule has 0 N–H and O–H groups in total. The van der Waals surface area contributed by atoms with E-state index in [2.05, 4.69) is 0 Å². The molecular formula is C23H21ClN2O3. The van der Waals surface area contributed by atoms with Gasteiger partial charge < -0.3 is 9.32 Å². The number of hydrogen-bond donors (Lipinski definition) is 0. The van der Waals surface area contributed by atoms with Crippen LogP contribution in [0.1, 0.15) is 28.7 Å². The van der Waals surface area contributed by atoms with E-state index in [9.17, 15) is 9.59 Å². The Balaban J connectivity index is 1.84. The van der Waals surface area contributed by atoms with Crippen LogP contribution in [-0.4, -0.2) is 18.4 Å². The van der Waals surface area contributed by atoms with Gasteiger partial charge in [-0.1, -0.05) is 29.8 Å². The highest BCUT2D eigenvalue weighted by Crippen LogP contribution is 2.37. The standard InChI is InChI=1S/C23H21ClN2O3/c1-14-5-4-6-15(2)21(14)25-13-20(27)26(18-10-8-17(24)9-11-18)22(23(25)28)19-12-7-16(3)29-19/h4-12,22H,13H2,1-3H3/t22-/m1/s1. The third kappa shape index (κ3) is 3.42. The summed E-state index contributed by atoms with van der Waals surface area (Å²) in [4.78, 5) is 30.0.